The van der Waals surface area contributed by atoms with Gasteiger partial charge in [-0.15, -0.1) is 0 Å². The van der Waals surface area contributed by atoms with Crippen LogP contribution in [-0.2, 0) is 0 Å². The molecule has 1 N–H and O–H groups in total. The lowest BCUT2D eigenvalue weighted by molar-refractivity contribution is 0.205. The highest BCUT2D eigenvalue weighted by Crippen LogP contribution is 2.30. The van der Waals surface area contributed by atoms with E-state index in [1.54, 1.807) is 12.3 Å². The molecule has 1 aromatic heterocycles. The van der Waals surface area contributed by atoms with E-state index in [0.29, 0.717) is 18.2 Å². The molecule has 5 heteroatoms. The predicted molar refractivity (Wildman–Crippen MR) is 92.7 cm³/mol. The summed E-state index contributed by atoms with van der Waals surface area (Å²) in [7, 11) is 2.09. The first-order valence-electron chi connectivity index (χ1n) is 7.85. The number of likely N-dealkylation sites (tertiary alicyclic amines) is 1. The fraction of sp³-hybridized carbons (Fsp3) is 0.333. The Kier molecular flexibility index (Phi) is 3.38. The Morgan fingerprint density at radius 3 is 2.78 bits per heavy atom. The zero-order chi connectivity index (χ0) is 16.0. The minimum Gasteiger partial charge on any atom is -0.379 e. The van der Waals surface area contributed by atoms with Crippen molar-refractivity contribution in [1.82, 2.24) is 9.88 Å². The summed E-state index contributed by atoms with van der Waals surface area (Å²) in [6, 6.07) is 5.85. The van der Waals surface area contributed by atoms with Crippen LogP contribution in [0, 0.1) is 12.7 Å². The summed E-state index contributed by atoms with van der Waals surface area (Å²) < 4.78 is 14.6. The van der Waals surface area contributed by atoms with Crippen molar-refractivity contribution in [2.45, 2.75) is 13.0 Å². The number of likely N-dealkylation sites (N-methyl/N-ethyl adjacent to an activating group) is 1. The van der Waals surface area contributed by atoms with E-state index < -0.39 is 0 Å². The molecule has 2 aliphatic rings. The number of rotatable bonds is 3. The fourth-order valence-electron chi connectivity index (χ4n) is 3.28. The second kappa shape index (κ2) is 5.42. The SMILES string of the molecule is Cc1cc(NC2CN(C)C2)c2cc(F)c(C3=CC=NC3)cc2n1. The van der Waals surface area contributed by atoms with Gasteiger partial charge in [0.1, 0.15) is 5.82 Å². The smallest absolute Gasteiger partial charge is 0.131 e. The number of allylic oxidation sites excluding steroid dienone is 1. The minimum atomic E-state index is -0.214. The number of hydrogen-bond acceptors (Lipinski definition) is 4. The Labute approximate surface area is 134 Å². The van der Waals surface area contributed by atoms with Gasteiger partial charge in [0.05, 0.1) is 18.1 Å². The van der Waals surface area contributed by atoms with E-state index in [1.165, 1.54) is 0 Å². The highest BCUT2D eigenvalue weighted by Gasteiger charge is 2.24. The van der Waals surface area contributed by atoms with Gasteiger partial charge in [0.15, 0.2) is 0 Å². The van der Waals surface area contributed by atoms with Gasteiger partial charge in [0.25, 0.3) is 0 Å². The summed E-state index contributed by atoms with van der Waals surface area (Å²) in [5, 5.41) is 4.36. The number of nitrogens with one attached hydrogen (secondary N) is 1. The van der Waals surface area contributed by atoms with Crippen LogP contribution in [0.4, 0.5) is 10.1 Å². The number of halogens is 1. The normalized spacial score (nSPS) is 18.3. The zero-order valence-corrected chi connectivity index (χ0v) is 13.3. The molecule has 0 unspecified atom stereocenters. The van der Waals surface area contributed by atoms with Gasteiger partial charge in [-0.1, -0.05) is 0 Å². The molecule has 1 aromatic carbocycles. The Morgan fingerprint density at radius 1 is 1.26 bits per heavy atom. The third-order valence-electron chi connectivity index (χ3n) is 4.44. The first-order valence-corrected chi connectivity index (χ1v) is 7.85. The van der Waals surface area contributed by atoms with E-state index >= 15 is 0 Å². The van der Waals surface area contributed by atoms with Crippen LogP contribution in [0.3, 0.4) is 0 Å². The molecular formula is C18H19FN4. The van der Waals surface area contributed by atoms with Gasteiger partial charge >= 0.3 is 0 Å². The van der Waals surface area contributed by atoms with Gasteiger partial charge in [-0.05, 0) is 43.8 Å². The molecule has 1 fully saturated rings. The molecule has 0 spiro atoms. The fourth-order valence-corrected chi connectivity index (χ4v) is 3.28. The lowest BCUT2D eigenvalue weighted by atomic mass is 10.0. The van der Waals surface area contributed by atoms with Crippen molar-refractivity contribution in [1.29, 1.82) is 0 Å². The van der Waals surface area contributed by atoms with Crippen molar-refractivity contribution in [2.24, 2.45) is 4.99 Å². The van der Waals surface area contributed by atoms with Gasteiger partial charge in [-0.2, -0.15) is 0 Å². The number of nitrogens with zero attached hydrogens (tertiary/aromatic N) is 3. The molecule has 0 atom stereocenters. The van der Waals surface area contributed by atoms with Gasteiger partial charge in [0, 0.05) is 41.6 Å². The lowest BCUT2D eigenvalue weighted by Gasteiger charge is -2.37. The molecule has 0 amide bonds. The molecule has 118 valence electrons. The number of anilines is 1. The summed E-state index contributed by atoms with van der Waals surface area (Å²) in [4.78, 5) is 11.0. The number of pyridine rings is 1. The third kappa shape index (κ3) is 2.61. The molecular weight excluding hydrogens is 291 g/mol. The summed E-state index contributed by atoms with van der Waals surface area (Å²) in [6.45, 7) is 4.52. The molecule has 0 aliphatic carbocycles. The van der Waals surface area contributed by atoms with Crippen molar-refractivity contribution in [3.05, 3.63) is 41.3 Å². The lowest BCUT2D eigenvalue weighted by Crippen LogP contribution is -2.52. The molecule has 4 nitrogen and oxygen atoms in total. The Balaban J connectivity index is 1.77. The molecule has 3 heterocycles. The number of fused-ring (bicyclic) bond motifs is 1. The maximum atomic E-state index is 14.6. The molecule has 2 aromatic rings. The number of hydrogen-bond donors (Lipinski definition) is 1. The van der Waals surface area contributed by atoms with Crippen molar-refractivity contribution < 1.29 is 4.39 Å². The minimum absolute atomic E-state index is 0.214. The van der Waals surface area contributed by atoms with Crippen molar-refractivity contribution >= 4 is 28.4 Å². The van der Waals surface area contributed by atoms with Crippen LogP contribution in [0.1, 0.15) is 11.3 Å². The first-order chi connectivity index (χ1) is 11.1. The number of aromatic nitrogens is 1. The topological polar surface area (TPSA) is 40.5 Å². The van der Waals surface area contributed by atoms with E-state index in [2.05, 4.69) is 27.2 Å². The molecule has 23 heavy (non-hydrogen) atoms. The van der Waals surface area contributed by atoms with Crippen LogP contribution in [0.2, 0.25) is 0 Å². The van der Waals surface area contributed by atoms with Gasteiger partial charge in [-0.25, -0.2) is 4.39 Å². The summed E-state index contributed by atoms with van der Waals surface area (Å²) in [5.74, 6) is -0.214. The molecule has 0 saturated carbocycles. The monoisotopic (exact) mass is 310 g/mol. The van der Waals surface area contributed by atoms with Crippen LogP contribution < -0.4 is 5.32 Å². The Bertz CT molecular complexity index is 835. The van der Waals surface area contributed by atoms with Crippen LogP contribution in [-0.4, -0.2) is 48.8 Å². The molecule has 0 radical (unpaired) electrons. The third-order valence-corrected chi connectivity index (χ3v) is 4.44. The number of benzene rings is 1. The quantitative estimate of drug-likeness (QED) is 0.947. The highest BCUT2D eigenvalue weighted by atomic mass is 19.1. The highest BCUT2D eigenvalue weighted by molar-refractivity contribution is 5.96. The average molecular weight is 310 g/mol. The molecule has 2 aliphatic heterocycles. The molecule has 0 bridgehead atoms. The van der Waals surface area contributed by atoms with Crippen molar-refractivity contribution in [2.75, 3.05) is 32.0 Å². The van der Waals surface area contributed by atoms with E-state index in [4.69, 9.17) is 0 Å². The van der Waals surface area contributed by atoms with E-state index in [9.17, 15) is 4.39 Å². The van der Waals surface area contributed by atoms with Gasteiger partial charge < -0.3 is 10.2 Å². The Hall–Kier alpha value is -2.27. The maximum Gasteiger partial charge on any atom is 0.131 e. The maximum absolute atomic E-state index is 14.6. The summed E-state index contributed by atoms with van der Waals surface area (Å²) in [5.41, 5.74) is 4.23. The number of aliphatic imine (C=N–C) groups is 1. The second-order valence-electron chi connectivity index (χ2n) is 6.40. The van der Waals surface area contributed by atoms with Gasteiger partial charge in [-0.3, -0.25) is 9.98 Å². The van der Waals surface area contributed by atoms with Crippen LogP contribution in [0.15, 0.2) is 29.3 Å². The second-order valence-corrected chi connectivity index (χ2v) is 6.40. The van der Waals surface area contributed by atoms with E-state index in [-0.39, 0.29) is 5.82 Å². The van der Waals surface area contributed by atoms with Crippen molar-refractivity contribution in [3.8, 4) is 0 Å². The molecule has 1 saturated heterocycles. The Morgan fingerprint density at radius 2 is 2.09 bits per heavy atom. The van der Waals surface area contributed by atoms with Gasteiger partial charge in [0.2, 0.25) is 0 Å². The zero-order valence-electron chi connectivity index (χ0n) is 13.3. The predicted octanol–water partition coefficient (Wildman–Crippen LogP) is 2.88. The number of aryl methyl sites for hydroxylation is 1. The van der Waals surface area contributed by atoms with Crippen molar-refractivity contribution in [3.63, 3.8) is 0 Å². The summed E-state index contributed by atoms with van der Waals surface area (Å²) in [6.07, 6.45) is 3.59. The van der Waals surface area contributed by atoms with Crippen LogP contribution >= 0.6 is 0 Å². The van der Waals surface area contributed by atoms with E-state index in [0.717, 1.165) is 40.9 Å². The summed E-state index contributed by atoms with van der Waals surface area (Å²) >= 11 is 0. The standard InChI is InChI=1S/C18H19FN4/c1-11-5-17(22-13-9-23(2)10-13)15-6-16(19)14(7-18(15)21-11)12-3-4-20-8-12/h3-7,13H,8-10H2,1-2H3,(H,21,22). The van der Waals surface area contributed by atoms with E-state index in [1.807, 2.05) is 25.1 Å². The molecule has 4 rings (SSSR count). The first kappa shape index (κ1) is 14.3. The van der Waals surface area contributed by atoms with Crippen LogP contribution in [0.5, 0.6) is 0 Å². The largest absolute Gasteiger partial charge is 0.379 e. The average Bonchev–Trinajstić information content (AvgIpc) is 2.99. The van der Waals surface area contributed by atoms with Crippen LogP contribution in [0.25, 0.3) is 16.5 Å².